The fourth-order valence-electron chi connectivity index (χ4n) is 4.78. The van der Waals surface area contributed by atoms with Crippen LogP contribution >= 0.6 is 11.8 Å². The van der Waals surface area contributed by atoms with E-state index in [1.807, 2.05) is 12.1 Å². The van der Waals surface area contributed by atoms with E-state index >= 15 is 0 Å². The summed E-state index contributed by atoms with van der Waals surface area (Å²) in [7, 11) is 1.33. The maximum atomic E-state index is 13.5. The standard InChI is InChI=1S/C29H23F6N3O3S/c1-40-24-12-17(6-9-23(24)41-16-19-7-8-20(28(30,31)32)14-21(19)29(33,34)35)13-25-26(39)37-27(42-25)38-11-3-5-22(38)18-4-2-10-36-15-18/h2,4,6-10,12-15,22H,3,5,11,16H2,1H3. The lowest BCUT2D eigenvalue weighted by molar-refractivity contribution is -0.143. The second-order valence-electron chi connectivity index (χ2n) is 9.51. The molecule has 0 bridgehead atoms. The molecule has 1 atom stereocenters. The molecule has 0 N–H and O–H groups in total. The predicted molar refractivity (Wildman–Crippen MR) is 145 cm³/mol. The summed E-state index contributed by atoms with van der Waals surface area (Å²) < 4.78 is 90.3. The zero-order valence-corrected chi connectivity index (χ0v) is 22.8. The highest BCUT2D eigenvalue weighted by molar-refractivity contribution is 8.18. The van der Waals surface area contributed by atoms with E-state index in [1.54, 1.807) is 30.6 Å². The van der Waals surface area contributed by atoms with Crippen LogP contribution < -0.4 is 9.47 Å². The molecule has 220 valence electrons. The van der Waals surface area contributed by atoms with Gasteiger partial charge in [0, 0.05) is 24.5 Å². The summed E-state index contributed by atoms with van der Waals surface area (Å²) in [5.74, 6) is -0.155. The summed E-state index contributed by atoms with van der Waals surface area (Å²) in [5.41, 5.74) is -1.70. The first-order valence-electron chi connectivity index (χ1n) is 12.7. The number of methoxy groups -OCH3 is 1. The smallest absolute Gasteiger partial charge is 0.416 e. The van der Waals surface area contributed by atoms with E-state index in [0.29, 0.717) is 21.7 Å². The molecule has 13 heteroatoms. The lowest BCUT2D eigenvalue weighted by Gasteiger charge is -2.25. The number of halogens is 6. The van der Waals surface area contributed by atoms with E-state index in [9.17, 15) is 31.1 Å². The molecular weight excluding hydrogens is 584 g/mol. The number of hydrogen-bond acceptors (Lipinski definition) is 6. The van der Waals surface area contributed by atoms with Crippen LogP contribution in [0.15, 0.2) is 70.8 Å². The van der Waals surface area contributed by atoms with Crippen molar-refractivity contribution in [2.24, 2.45) is 4.99 Å². The van der Waals surface area contributed by atoms with Gasteiger partial charge in [0.25, 0.3) is 5.91 Å². The fraction of sp³-hybridized carbons (Fsp3) is 0.276. The number of carbonyl (C=O) groups is 1. The Morgan fingerprint density at radius 2 is 1.86 bits per heavy atom. The third-order valence-corrected chi connectivity index (χ3v) is 7.81. The van der Waals surface area contributed by atoms with Gasteiger partial charge in [-0.3, -0.25) is 9.78 Å². The Morgan fingerprint density at radius 1 is 1.05 bits per heavy atom. The minimum Gasteiger partial charge on any atom is -0.493 e. The quantitative estimate of drug-likeness (QED) is 0.214. The summed E-state index contributed by atoms with van der Waals surface area (Å²) in [5, 5.41) is 0.599. The van der Waals surface area contributed by atoms with Crippen LogP contribution in [-0.2, 0) is 23.8 Å². The Morgan fingerprint density at radius 3 is 2.55 bits per heavy atom. The average molecular weight is 608 g/mol. The zero-order valence-electron chi connectivity index (χ0n) is 22.0. The van der Waals surface area contributed by atoms with Gasteiger partial charge in [-0.25, -0.2) is 0 Å². The Labute approximate surface area is 241 Å². The first-order chi connectivity index (χ1) is 19.9. The Kier molecular flexibility index (Phi) is 8.22. The second-order valence-corrected chi connectivity index (χ2v) is 10.5. The topological polar surface area (TPSA) is 64.0 Å². The Balaban J connectivity index is 1.31. The summed E-state index contributed by atoms with van der Waals surface area (Å²) >= 11 is 1.25. The highest BCUT2D eigenvalue weighted by Gasteiger charge is 2.38. The van der Waals surface area contributed by atoms with Gasteiger partial charge in [0.1, 0.15) is 6.61 Å². The summed E-state index contributed by atoms with van der Waals surface area (Å²) in [6, 6.07) is 9.90. The molecule has 1 unspecified atom stereocenters. The van der Waals surface area contributed by atoms with Gasteiger partial charge in [-0.1, -0.05) is 18.2 Å². The molecule has 1 saturated heterocycles. The fourth-order valence-corrected chi connectivity index (χ4v) is 5.77. The number of hydrogen-bond donors (Lipinski definition) is 0. The van der Waals surface area contributed by atoms with Gasteiger partial charge in [0.05, 0.1) is 29.2 Å². The molecule has 1 fully saturated rings. The maximum absolute atomic E-state index is 13.5. The third kappa shape index (κ3) is 6.40. The SMILES string of the molecule is COc1cc(C=C2SC(N3CCCC3c3cccnc3)=NC2=O)ccc1OCc1ccc(C(F)(F)F)cc1C(F)(F)F. The van der Waals surface area contributed by atoms with Crippen LogP contribution in [0, 0.1) is 0 Å². The molecule has 1 amide bonds. The highest BCUT2D eigenvalue weighted by Crippen LogP contribution is 2.41. The van der Waals surface area contributed by atoms with Crippen molar-refractivity contribution in [2.75, 3.05) is 13.7 Å². The summed E-state index contributed by atoms with van der Waals surface area (Å²) in [6.07, 6.45) is -2.95. The number of rotatable bonds is 6. The van der Waals surface area contributed by atoms with E-state index in [1.165, 1.54) is 24.9 Å². The average Bonchev–Trinajstić information content (AvgIpc) is 3.58. The van der Waals surface area contributed by atoms with Crippen LogP contribution in [0.25, 0.3) is 6.08 Å². The number of amides is 1. The van der Waals surface area contributed by atoms with Gasteiger partial charge in [-0.05, 0) is 72.1 Å². The van der Waals surface area contributed by atoms with Gasteiger partial charge >= 0.3 is 12.4 Å². The van der Waals surface area contributed by atoms with Crippen LogP contribution in [0.1, 0.15) is 46.7 Å². The minimum atomic E-state index is -5.01. The Hall–Kier alpha value is -4.00. The lowest BCUT2D eigenvalue weighted by Crippen LogP contribution is -2.27. The Bertz CT molecular complexity index is 1540. The van der Waals surface area contributed by atoms with E-state index in [4.69, 9.17) is 9.47 Å². The number of ether oxygens (including phenoxy) is 2. The maximum Gasteiger partial charge on any atom is 0.416 e. The molecule has 6 nitrogen and oxygen atoms in total. The number of aliphatic imine (C=N–C) groups is 1. The predicted octanol–water partition coefficient (Wildman–Crippen LogP) is 7.51. The molecule has 0 spiro atoms. The molecule has 0 radical (unpaired) electrons. The van der Waals surface area contributed by atoms with Crippen molar-refractivity contribution in [2.45, 2.75) is 37.8 Å². The summed E-state index contributed by atoms with van der Waals surface area (Å²) in [6.45, 7) is 0.101. The van der Waals surface area contributed by atoms with Gasteiger partial charge in [-0.2, -0.15) is 31.3 Å². The number of alkyl halides is 6. The first-order valence-corrected chi connectivity index (χ1v) is 13.5. The van der Waals surface area contributed by atoms with Crippen LogP contribution in [0.5, 0.6) is 11.5 Å². The van der Waals surface area contributed by atoms with Crippen molar-refractivity contribution in [3.8, 4) is 11.5 Å². The van der Waals surface area contributed by atoms with Crippen molar-refractivity contribution in [1.82, 2.24) is 9.88 Å². The van der Waals surface area contributed by atoms with Crippen LogP contribution in [0.2, 0.25) is 0 Å². The van der Waals surface area contributed by atoms with E-state index in [0.717, 1.165) is 31.0 Å². The minimum absolute atomic E-state index is 0.0659. The second kappa shape index (κ2) is 11.7. The van der Waals surface area contributed by atoms with Crippen molar-refractivity contribution in [3.63, 3.8) is 0 Å². The number of aromatic nitrogens is 1. The number of pyridine rings is 1. The molecule has 42 heavy (non-hydrogen) atoms. The number of amidine groups is 1. The van der Waals surface area contributed by atoms with E-state index in [-0.39, 0.29) is 23.6 Å². The summed E-state index contributed by atoms with van der Waals surface area (Å²) in [4.78, 5) is 23.7. The number of likely N-dealkylation sites (tertiary alicyclic amines) is 1. The van der Waals surface area contributed by atoms with Crippen molar-refractivity contribution >= 4 is 28.9 Å². The largest absolute Gasteiger partial charge is 0.493 e. The molecule has 3 aromatic rings. The molecule has 2 aromatic carbocycles. The van der Waals surface area contributed by atoms with Gasteiger partial charge in [-0.15, -0.1) is 0 Å². The van der Waals surface area contributed by atoms with Gasteiger partial charge < -0.3 is 14.4 Å². The molecule has 2 aliphatic rings. The normalized spacial score (nSPS) is 18.5. The number of nitrogens with zero attached hydrogens (tertiary/aromatic N) is 3. The highest BCUT2D eigenvalue weighted by atomic mass is 32.2. The van der Waals surface area contributed by atoms with Crippen LogP contribution in [-0.4, -0.2) is 34.6 Å². The number of carbonyl (C=O) groups excluding carboxylic acids is 1. The monoisotopic (exact) mass is 607 g/mol. The molecular formula is C29H23F6N3O3S. The van der Waals surface area contributed by atoms with Crippen molar-refractivity contribution in [1.29, 1.82) is 0 Å². The van der Waals surface area contributed by atoms with Gasteiger partial charge in [0.15, 0.2) is 16.7 Å². The molecule has 3 heterocycles. The van der Waals surface area contributed by atoms with Crippen LogP contribution in [0.3, 0.4) is 0 Å². The zero-order chi connectivity index (χ0) is 30.1. The molecule has 5 rings (SSSR count). The van der Waals surface area contributed by atoms with Crippen molar-refractivity contribution < 1.29 is 40.6 Å². The lowest BCUT2D eigenvalue weighted by atomic mass is 10.0. The van der Waals surface area contributed by atoms with Crippen LogP contribution in [0.4, 0.5) is 26.3 Å². The number of thioether (sulfide) groups is 1. The number of benzene rings is 2. The van der Waals surface area contributed by atoms with Gasteiger partial charge in [0.2, 0.25) is 0 Å². The van der Waals surface area contributed by atoms with E-state index < -0.39 is 41.6 Å². The molecule has 2 aliphatic heterocycles. The van der Waals surface area contributed by atoms with E-state index in [2.05, 4.69) is 14.9 Å². The molecule has 1 aromatic heterocycles. The first kappa shape index (κ1) is 29.5. The van der Waals surface area contributed by atoms with Crippen molar-refractivity contribution in [3.05, 3.63) is 93.6 Å². The molecule has 0 aliphatic carbocycles. The third-order valence-electron chi connectivity index (χ3n) is 6.79. The molecule has 0 saturated carbocycles.